The SMILES string of the molecule is CN=C(NCc1ccc(C(=O)NCC(N)=O)cc1)NCC(c1ccco1)N1CCCC1.I. The van der Waals surface area contributed by atoms with Gasteiger partial charge in [-0.05, 0) is 55.8 Å². The maximum Gasteiger partial charge on any atom is 0.251 e. The van der Waals surface area contributed by atoms with Gasteiger partial charge in [-0.1, -0.05) is 12.1 Å². The van der Waals surface area contributed by atoms with Crippen molar-refractivity contribution in [1.29, 1.82) is 0 Å². The van der Waals surface area contributed by atoms with Crippen molar-refractivity contribution in [2.24, 2.45) is 10.7 Å². The summed E-state index contributed by atoms with van der Waals surface area (Å²) in [4.78, 5) is 29.5. The second kappa shape index (κ2) is 13.1. The molecular formula is C22H31IN6O3. The van der Waals surface area contributed by atoms with Gasteiger partial charge in [0.25, 0.3) is 5.91 Å². The summed E-state index contributed by atoms with van der Waals surface area (Å²) in [6.45, 7) is 3.20. The van der Waals surface area contributed by atoms with Crippen molar-refractivity contribution in [2.75, 3.05) is 33.2 Å². The zero-order valence-electron chi connectivity index (χ0n) is 18.2. The number of furan rings is 1. The molecule has 0 radical (unpaired) electrons. The van der Waals surface area contributed by atoms with Gasteiger partial charge in [-0.15, -0.1) is 24.0 Å². The maximum atomic E-state index is 12.0. The smallest absolute Gasteiger partial charge is 0.251 e. The number of primary amides is 1. The number of guanidine groups is 1. The van der Waals surface area contributed by atoms with Crippen LogP contribution in [0.15, 0.2) is 52.1 Å². The molecule has 0 saturated carbocycles. The predicted octanol–water partition coefficient (Wildman–Crippen LogP) is 1.61. The zero-order valence-corrected chi connectivity index (χ0v) is 20.5. The van der Waals surface area contributed by atoms with Crippen LogP contribution in [-0.2, 0) is 11.3 Å². The Morgan fingerprint density at radius 2 is 1.84 bits per heavy atom. The molecule has 2 amide bonds. The van der Waals surface area contributed by atoms with Crippen LogP contribution in [0.25, 0.3) is 0 Å². The average molecular weight is 554 g/mol. The number of nitrogens with one attached hydrogen (secondary N) is 3. The largest absolute Gasteiger partial charge is 0.468 e. The maximum absolute atomic E-state index is 12.0. The van der Waals surface area contributed by atoms with Crippen LogP contribution < -0.4 is 21.7 Å². The van der Waals surface area contributed by atoms with Crippen LogP contribution in [0.5, 0.6) is 0 Å². The predicted molar refractivity (Wildman–Crippen MR) is 134 cm³/mol. The third kappa shape index (κ3) is 7.52. The highest BCUT2D eigenvalue weighted by molar-refractivity contribution is 14.0. The number of hydrogen-bond acceptors (Lipinski definition) is 5. The molecule has 174 valence electrons. The summed E-state index contributed by atoms with van der Waals surface area (Å²) in [6, 6.07) is 11.2. The first-order valence-corrected chi connectivity index (χ1v) is 10.4. The first kappa shape index (κ1) is 25.7. The quantitative estimate of drug-likeness (QED) is 0.212. The molecule has 1 aromatic carbocycles. The number of rotatable bonds is 9. The Labute approximate surface area is 205 Å². The number of carbonyl (C=O) groups excluding carboxylic acids is 2. The third-order valence-corrected chi connectivity index (χ3v) is 5.24. The lowest BCUT2D eigenvalue weighted by Crippen LogP contribution is -2.42. The van der Waals surface area contributed by atoms with E-state index in [1.807, 2.05) is 24.3 Å². The van der Waals surface area contributed by atoms with E-state index in [9.17, 15) is 9.59 Å². The molecule has 3 rings (SSSR count). The van der Waals surface area contributed by atoms with Gasteiger partial charge >= 0.3 is 0 Å². The summed E-state index contributed by atoms with van der Waals surface area (Å²) >= 11 is 0. The van der Waals surface area contributed by atoms with Crippen LogP contribution in [0.4, 0.5) is 0 Å². The van der Waals surface area contributed by atoms with Gasteiger partial charge in [-0.25, -0.2) is 0 Å². The fourth-order valence-corrected chi connectivity index (χ4v) is 3.59. The molecule has 5 N–H and O–H groups in total. The van der Waals surface area contributed by atoms with Gasteiger partial charge in [-0.3, -0.25) is 19.5 Å². The molecule has 1 aromatic heterocycles. The number of nitrogens with two attached hydrogens (primary N) is 1. The number of likely N-dealkylation sites (tertiary alicyclic amines) is 1. The first-order valence-electron chi connectivity index (χ1n) is 10.4. The molecule has 10 heteroatoms. The summed E-state index contributed by atoms with van der Waals surface area (Å²) < 4.78 is 5.66. The van der Waals surface area contributed by atoms with Crippen molar-refractivity contribution >= 4 is 41.8 Å². The molecule has 1 fully saturated rings. The lowest BCUT2D eigenvalue weighted by Gasteiger charge is -2.26. The van der Waals surface area contributed by atoms with E-state index in [1.165, 1.54) is 12.8 Å². The van der Waals surface area contributed by atoms with E-state index in [4.69, 9.17) is 10.2 Å². The lowest BCUT2D eigenvalue weighted by molar-refractivity contribution is -0.117. The number of hydrogen-bond donors (Lipinski definition) is 4. The summed E-state index contributed by atoms with van der Waals surface area (Å²) in [5, 5.41) is 9.15. The number of carbonyl (C=O) groups is 2. The van der Waals surface area contributed by atoms with Crippen molar-refractivity contribution in [3.8, 4) is 0 Å². The summed E-state index contributed by atoms with van der Waals surface area (Å²) in [5.41, 5.74) is 6.51. The van der Waals surface area contributed by atoms with Crippen LogP contribution in [0.3, 0.4) is 0 Å². The standard InChI is InChI=1S/C22H30N6O3.HI/c1-24-22(27-14-18(19-5-4-12-31-19)28-10-2-3-11-28)26-13-16-6-8-17(9-7-16)21(30)25-15-20(23)29;/h4-9,12,18H,2-3,10-11,13-15H2,1H3,(H2,23,29)(H,25,30)(H2,24,26,27);1H. The number of aliphatic imine (C=N–C) groups is 1. The van der Waals surface area contributed by atoms with E-state index in [0.29, 0.717) is 24.6 Å². The van der Waals surface area contributed by atoms with Gasteiger partial charge < -0.3 is 26.1 Å². The van der Waals surface area contributed by atoms with Crippen LogP contribution in [0.1, 0.15) is 40.6 Å². The monoisotopic (exact) mass is 554 g/mol. The second-order valence-electron chi connectivity index (χ2n) is 7.43. The molecule has 2 aromatic rings. The van der Waals surface area contributed by atoms with E-state index in [0.717, 1.165) is 24.4 Å². The molecule has 1 saturated heterocycles. The molecule has 2 heterocycles. The molecule has 1 atom stereocenters. The van der Waals surface area contributed by atoms with Crippen LogP contribution in [0.2, 0.25) is 0 Å². The Kier molecular flexibility index (Phi) is 10.5. The Balaban J connectivity index is 0.00000363. The van der Waals surface area contributed by atoms with Gasteiger partial charge in [0.05, 0.1) is 18.8 Å². The number of amides is 2. The van der Waals surface area contributed by atoms with E-state index < -0.39 is 5.91 Å². The minimum absolute atomic E-state index is 0. The molecule has 32 heavy (non-hydrogen) atoms. The molecule has 1 aliphatic rings. The fraction of sp³-hybridized carbons (Fsp3) is 0.409. The van der Waals surface area contributed by atoms with Gasteiger partial charge in [0.2, 0.25) is 5.91 Å². The number of halogens is 1. The normalized spacial score (nSPS) is 15.0. The molecule has 0 bridgehead atoms. The first-order chi connectivity index (χ1) is 15.1. The van der Waals surface area contributed by atoms with Crippen molar-refractivity contribution in [3.05, 3.63) is 59.5 Å². The molecular weight excluding hydrogens is 523 g/mol. The average Bonchev–Trinajstić information content (AvgIpc) is 3.49. The van der Waals surface area contributed by atoms with Crippen molar-refractivity contribution in [1.82, 2.24) is 20.9 Å². The zero-order chi connectivity index (χ0) is 22.1. The topological polar surface area (TPSA) is 125 Å². The molecule has 9 nitrogen and oxygen atoms in total. The van der Waals surface area contributed by atoms with Crippen molar-refractivity contribution in [2.45, 2.75) is 25.4 Å². The lowest BCUT2D eigenvalue weighted by atomic mass is 10.1. The number of nitrogens with zero attached hydrogens (tertiary/aromatic N) is 2. The highest BCUT2D eigenvalue weighted by Crippen LogP contribution is 2.24. The van der Waals surface area contributed by atoms with E-state index in [-0.39, 0.29) is 42.5 Å². The highest BCUT2D eigenvalue weighted by Gasteiger charge is 2.25. The highest BCUT2D eigenvalue weighted by atomic mass is 127. The second-order valence-corrected chi connectivity index (χ2v) is 7.43. The Morgan fingerprint density at radius 3 is 2.44 bits per heavy atom. The third-order valence-electron chi connectivity index (χ3n) is 5.24. The van der Waals surface area contributed by atoms with Gasteiger partial charge in [0.1, 0.15) is 5.76 Å². The van der Waals surface area contributed by atoms with E-state index in [2.05, 4.69) is 25.8 Å². The van der Waals surface area contributed by atoms with Crippen LogP contribution >= 0.6 is 24.0 Å². The van der Waals surface area contributed by atoms with Gasteiger partial charge in [0.15, 0.2) is 5.96 Å². The van der Waals surface area contributed by atoms with Crippen molar-refractivity contribution < 1.29 is 14.0 Å². The van der Waals surface area contributed by atoms with Gasteiger partial charge in [0, 0.05) is 25.7 Å². The fourth-order valence-electron chi connectivity index (χ4n) is 3.59. The van der Waals surface area contributed by atoms with E-state index >= 15 is 0 Å². The number of benzene rings is 1. The Morgan fingerprint density at radius 1 is 1.12 bits per heavy atom. The molecule has 0 spiro atoms. The van der Waals surface area contributed by atoms with Crippen LogP contribution in [-0.4, -0.2) is 55.9 Å². The molecule has 1 unspecified atom stereocenters. The Hall–Kier alpha value is -2.60. The van der Waals surface area contributed by atoms with Crippen LogP contribution in [0, 0.1) is 0 Å². The summed E-state index contributed by atoms with van der Waals surface area (Å²) in [5.74, 6) is 0.739. The van der Waals surface area contributed by atoms with Gasteiger partial charge in [-0.2, -0.15) is 0 Å². The van der Waals surface area contributed by atoms with E-state index in [1.54, 1.807) is 25.4 Å². The molecule has 1 aliphatic heterocycles. The summed E-state index contributed by atoms with van der Waals surface area (Å²) in [7, 11) is 1.74. The minimum atomic E-state index is -0.577. The molecule has 0 aliphatic carbocycles. The Bertz CT molecular complexity index is 880. The summed E-state index contributed by atoms with van der Waals surface area (Å²) in [6.07, 6.45) is 4.13. The van der Waals surface area contributed by atoms with Crippen molar-refractivity contribution in [3.63, 3.8) is 0 Å². The minimum Gasteiger partial charge on any atom is -0.468 e.